The molecule has 0 bridgehead atoms. The van der Waals surface area contributed by atoms with Crippen molar-refractivity contribution < 1.29 is 18.0 Å². The number of aryl methyl sites for hydroxylation is 1. The Morgan fingerprint density at radius 3 is 2.24 bits per heavy atom. The predicted octanol–water partition coefficient (Wildman–Crippen LogP) is 5.20. The first kappa shape index (κ1) is 29.4. The first-order chi connectivity index (χ1) is 18.1. The van der Waals surface area contributed by atoms with E-state index in [0.717, 1.165) is 31.9 Å². The predicted molar refractivity (Wildman–Crippen MR) is 154 cm³/mol. The molecule has 3 rings (SSSR count). The highest BCUT2D eigenvalue weighted by Gasteiger charge is 2.33. The average Bonchev–Trinajstić information content (AvgIpc) is 2.91. The van der Waals surface area contributed by atoms with Gasteiger partial charge in [-0.3, -0.25) is 13.9 Å². The van der Waals surface area contributed by atoms with Gasteiger partial charge in [0.15, 0.2) is 0 Å². The van der Waals surface area contributed by atoms with E-state index in [1.54, 1.807) is 37.3 Å². The maximum Gasteiger partial charge on any atom is 0.264 e. The third-order valence-corrected chi connectivity index (χ3v) is 8.74. The Hall–Kier alpha value is -3.17. The van der Waals surface area contributed by atoms with E-state index in [-0.39, 0.29) is 17.3 Å². The largest absolute Gasteiger partial charge is 0.354 e. The number of carbonyl (C=O) groups excluding carboxylic acids is 2. The fourth-order valence-electron chi connectivity index (χ4n) is 4.00. The first-order valence-electron chi connectivity index (χ1n) is 12.5. The molecule has 3 aromatic carbocycles. The van der Waals surface area contributed by atoms with Crippen molar-refractivity contribution in [2.24, 2.45) is 0 Å². The molecule has 0 aliphatic heterocycles. The second-order valence-electron chi connectivity index (χ2n) is 9.16. The monoisotopic (exact) mass is 599 g/mol. The van der Waals surface area contributed by atoms with Crippen molar-refractivity contribution in [3.8, 4) is 0 Å². The van der Waals surface area contributed by atoms with Gasteiger partial charge >= 0.3 is 0 Å². The summed E-state index contributed by atoms with van der Waals surface area (Å²) in [5, 5.41) is 2.85. The molecular formula is C29H34BrN3O4S. The van der Waals surface area contributed by atoms with E-state index in [4.69, 9.17) is 0 Å². The van der Waals surface area contributed by atoms with Crippen LogP contribution in [0.5, 0.6) is 0 Å². The van der Waals surface area contributed by atoms with Crippen molar-refractivity contribution in [1.29, 1.82) is 0 Å². The van der Waals surface area contributed by atoms with Crippen LogP contribution in [0, 0.1) is 13.8 Å². The highest BCUT2D eigenvalue weighted by atomic mass is 79.9. The van der Waals surface area contributed by atoms with Crippen LogP contribution < -0.4 is 9.62 Å². The van der Waals surface area contributed by atoms with E-state index in [1.165, 1.54) is 17.0 Å². The summed E-state index contributed by atoms with van der Waals surface area (Å²) in [6.07, 6.45) is 0.759. The molecule has 0 fully saturated rings. The Balaban J connectivity index is 2.04. The quantitative estimate of drug-likeness (QED) is 0.328. The maximum atomic E-state index is 13.9. The number of benzene rings is 3. The molecule has 0 spiro atoms. The smallest absolute Gasteiger partial charge is 0.264 e. The zero-order valence-corrected chi connectivity index (χ0v) is 24.6. The Morgan fingerprint density at radius 2 is 1.61 bits per heavy atom. The van der Waals surface area contributed by atoms with Crippen molar-refractivity contribution in [3.63, 3.8) is 0 Å². The second-order valence-corrected chi connectivity index (χ2v) is 11.9. The number of hydrogen-bond acceptors (Lipinski definition) is 4. The normalized spacial score (nSPS) is 12.0. The summed E-state index contributed by atoms with van der Waals surface area (Å²) in [5.41, 5.74) is 2.91. The van der Waals surface area contributed by atoms with Crippen molar-refractivity contribution in [3.05, 3.63) is 94.0 Å². The Kier molecular flexibility index (Phi) is 10.1. The van der Waals surface area contributed by atoms with Gasteiger partial charge in [-0.2, -0.15) is 0 Å². The van der Waals surface area contributed by atoms with Crippen molar-refractivity contribution in [1.82, 2.24) is 10.2 Å². The second kappa shape index (κ2) is 13.1. The molecule has 7 nitrogen and oxygen atoms in total. The van der Waals surface area contributed by atoms with Crippen LogP contribution in [0.25, 0.3) is 0 Å². The van der Waals surface area contributed by atoms with Gasteiger partial charge in [-0.25, -0.2) is 8.42 Å². The van der Waals surface area contributed by atoms with Gasteiger partial charge in [0.1, 0.15) is 12.6 Å². The van der Waals surface area contributed by atoms with Crippen LogP contribution in [0.4, 0.5) is 5.69 Å². The summed E-state index contributed by atoms with van der Waals surface area (Å²) < 4.78 is 29.8. The summed E-state index contributed by atoms with van der Waals surface area (Å²) >= 11 is 3.42. The molecule has 0 unspecified atom stereocenters. The molecule has 38 heavy (non-hydrogen) atoms. The molecule has 1 N–H and O–H groups in total. The number of rotatable bonds is 11. The topological polar surface area (TPSA) is 86.8 Å². The van der Waals surface area contributed by atoms with Gasteiger partial charge in [-0.05, 0) is 74.2 Å². The Bertz CT molecular complexity index is 1360. The number of sulfonamides is 1. The lowest BCUT2D eigenvalue weighted by atomic mass is 10.1. The Labute approximate surface area is 234 Å². The lowest BCUT2D eigenvalue weighted by Gasteiger charge is -2.32. The van der Waals surface area contributed by atoms with Crippen LogP contribution in [-0.4, -0.2) is 44.3 Å². The van der Waals surface area contributed by atoms with Gasteiger partial charge in [0.2, 0.25) is 11.8 Å². The molecule has 0 saturated heterocycles. The van der Waals surface area contributed by atoms with Gasteiger partial charge in [-0.1, -0.05) is 65.3 Å². The van der Waals surface area contributed by atoms with E-state index in [9.17, 15) is 18.0 Å². The number of halogens is 1. The minimum Gasteiger partial charge on any atom is -0.354 e. The molecular weight excluding hydrogens is 566 g/mol. The maximum absolute atomic E-state index is 13.9. The van der Waals surface area contributed by atoms with Crippen LogP contribution in [0.2, 0.25) is 0 Å². The van der Waals surface area contributed by atoms with Crippen LogP contribution in [0.15, 0.2) is 82.2 Å². The number of amides is 2. The number of carbonyl (C=O) groups is 2. The SMILES string of the molecule is CCCNC(=O)[C@@H](C)N(Cc1ccc(Br)cc1)C(=O)CN(c1cccc(C)c1C)S(=O)(=O)c1ccccc1. The summed E-state index contributed by atoms with van der Waals surface area (Å²) in [6.45, 7) is 7.53. The molecule has 202 valence electrons. The first-order valence-corrected chi connectivity index (χ1v) is 14.7. The van der Waals surface area contributed by atoms with Crippen LogP contribution in [-0.2, 0) is 26.2 Å². The van der Waals surface area contributed by atoms with E-state index in [1.807, 2.05) is 51.1 Å². The molecule has 9 heteroatoms. The van der Waals surface area contributed by atoms with Crippen LogP contribution >= 0.6 is 15.9 Å². The molecule has 0 aromatic heterocycles. The molecule has 0 saturated carbocycles. The fourth-order valence-corrected chi connectivity index (χ4v) is 5.76. The standard InChI is InChI=1S/C29H34BrN3O4S/c1-5-18-31-29(35)23(4)32(19-24-14-16-25(30)17-15-24)28(34)20-33(27-13-9-10-21(2)22(27)3)38(36,37)26-11-7-6-8-12-26/h6-17,23H,5,18-20H2,1-4H3,(H,31,35)/t23-/m1/s1. The van der Waals surface area contributed by atoms with Crippen molar-refractivity contribution >= 4 is 43.5 Å². The van der Waals surface area contributed by atoms with Gasteiger partial charge < -0.3 is 10.2 Å². The fraction of sp³-hybridized carbons (Fsp3) is 0.310. The minimum absolute atomic E-state index is 0.0851. The third kappa shape index (κ3) is 7.02. The summed E-state index contributed by atoms with van der Waals surface area (Å²) in [4.78, 5) is 28.4. The van der Waals surface area contributed by atoms with Crippen LogP contribution in [0.3, 0.4) is 0 Å². The summed E-state index contributed by atoms with van der Waals surface area (Å²) in [5.74, 6) is -0.769. The minimum atomic E-state index is -4.08. The number of anilines is 1. The molecule has 0 aliphatic rings. The lowest BCUT2D eigenvalue weighted by molar-refractivity contribution is -0.139. The zero-order chi connectivity index (χ0) is 27.9. The van der Waals surface area contributed by atoms with Gasteiger partial charge in [0.25, 0.3) is 10.0 Å². The highest BCUT2D eigenvalue weighted by molar-refractivity contribution is 9.10. The molecule has 1 atom stereocenters. The van der Waals surface area contributed by atoms with E-state index >= 15 is 0 Å². The number of hydrogen-bond donors (Lipinski definition) is 1. The summed E-state index contributed by atoms with van der Waals surface area (Å²) in [6, 6.07) is 20.1. The number of nitrogens with zero attached hydrogens (tertiary/aromatic N) is 2. The summed E-state index contributed by atoms with van der Waals surface area (Å²) in [7, 11) is -4.08. The van der Waals surface area contributed by atoms with E-state index in [0.29, 0.717) is 12.2 Å². The van der Waals surface area contributed by atoms with Gasteiger partial charge in [0, 0.05) is 17.6 Å². The molecule has 3 aromatic rings. The van der Waals surface area contributed by atoms with E-state index in [2.05, 4.69) is 21.2 Å². The average molecular weight is 601 g/mol. The van der Waals surface area contributed by atoms with E-state index < -0.39 is 28.5 Å². The number of nitrogens with one attached hydrogen (secondary N) is 1. The van der Waals surface area contributed by atoms with Crippen molar-refractivity contribution in [2.45, 2.75) is 51.6 Å². The van der Waals surface area contributed by atoms with Crippen molar-refractivity contribution in [2.75, 3.05) is 17.4 Å². The zero-order valence-electron chi connectivity index (χ0n) is 22.1. The van der Waals surface area contributed by atoms with Gasteiger partial charge in [-0.15, -0.1) is 0 Å². The Morgan fingerprint density at radius 1 is 0.947 bits per heavy atom. The third-order valence-electron chi connectivity index (χ3n) is 6.44. The van der Waals surface area contributed by atoms with Gasteiger partial charge in [0.05, 0.1) is 10.6 Å². The lowest BCUT2D eigenvalue weighted by Crippen LogP contribution is -2.51. The highest BCUT2D eigenvalue weighted by Crippen LogP contribution is 2.29. The molecule has 2 amide bonds. The molecule has 0 radical (unpaired) electrons. The molecule has 0 aliphatic carbocycles. The molecule has 0 heterocycles. The van der Waals surface area contributed by atoms with Crippen LogP contribution in [0.1, 0.15) is 37.0 Å².